The van der Waals surface area contributed by atoms with Crippen molar-refractivity contribution in [3.05, 3.63) is 36.4 Å². The van der Waals surface area contributed by atoms with E-state index in [1.807, 2.05) is 29.7 Å². The Morgan fingerprint density at radius 3 is 2.71 bits per heavy atom. The van der Waals surface area contributed by atoms with E-state index >= 15 is 0 Å². The first kappa shape index (κ1) is 13.3. The fourth-order valence-corrected chi connectivity index (χ4v) is 2.47. The molecule has 1 heterocycles. The Labute approximate surface area is 122 Å². The van der Waals surface area contributed by atoms with Crippen LogP contribution in [0.4, 0.5) is 0 Å². The van der Waals surface area contributed by atoms with Gasteiger partial charge in [-0.3, -0.25) is 0 Å². The molecule has 2 N–H and O–H groups in total. The summed E-state index contributed by atoms with van der Waals surface area (Å²) in [6.07, 6.45) is 0. The van der Waals surface area contributed by atoms with Gasteiger partial charge in [-0.05, 0) is 31.2 Å². The van der Waals surface area contributed by atoms with Crippen LogP contribution in [0.1, 0.15) is 6.92 Å². The van der Waals surface area contributed by atoms with E-state index in [0.717, 1.165) is 16.8 Å². The predicted molar refractivity (Wildman–Crippen MR) is 80.7 cm³/mol. The zero-order valence-electron chi connectivity index (χ0n) is 11.9. The molecule has 3 aromatic rings. The van der Waals surface area contributed by atoms with Crippen LogP contribution in [0.5, 0.6) is 17.2 Å². The summed E-state index contributed by atoms with van der Waals surface area (Å²) in [4.78, 5) is 4.58. The minimum atomic E-state index is -0.158. The molecule has 0 amide bonds. The lowest BCUT2D eigenvalue weighted by Gasteiger charge is -2.08. The fraction of sp³-hybridized carbons (Fsp3) is 0.188. The Bertz CT molecular complexity index is 809. The van der Waals surface area contributed by atoms with Gasteiger partial charge in [-0.15, -0.1) is 0 Å². The van der Waals surface area contributed by atoms with Crippen LogP contribution < -0.4 is 4.74 Å². The summed E-state index contributed by atoms with van der Waals surface area (Å²) in [5, 5.41) is 19.7. The zero-order chi connectivity index (χ0) is 15.0. The van der Waals surface area contributed by atoms with Crippen LogP contribution in [-0.2, 0) is 6.54 Å². The molecule has 0 bridgehead atoms. The molecule has 0 unspecified atom stereocenters. The van der Waals surface area contributed by atoms with Crippen LogP contribution in [-0.4, -0.2) is 26.9 Å². The summed E-state index contributed by atoms with van der Waals surface area (Å²) in [7, 11) is 1.61. The highest BCUT2D eigenvalue weighted by Gasteiger charge is 2.16. The maximum absolute atomic E-state index is 10.1. The Hall–Kier alpha value is -2.69. The summed E-state index contributed by atoms with van der Waals surface area (Å²) in [5.74, 6) is 1.04. The van der Waals surface area contributed by atoms with Gasteiger partial charge in [-0.25, -0.2) is 4.98 Å². The highest BCUT2D eigenvalue weighted by atomic mass is 16.5. The SMILES string of the molecule is CCn1c(-c2cccc(O)c2O)nc2cc(OC)ccc21. The summed E-state index contributed by atoms with van der Waals surface area (Å²) < 4.78 is 7.20. The summed E-state index contributed by atoms with van der Waals surface area (Å²) in [5.41, 5.74) is 2.25. The number of imidazole rings is 1. The lowest BCUT2D eigenvalue weighted by molar-refractivity contribution is 0.405. The number of nitrogens with zero attached hydrogens (tertiary/aromatic N) is 2. The molecule has 0 saturated carbocycles. The van der Waals surface area contributed by atoms with Gasteiger partial charge in [-0.2, -0.15) is 0 Å². The molecule has 3 rings (SSSR count). The highest BCUT2D eigenvalue weighted by molar-refractivity contribution is 5.83. The Morgan fingerprint density at radius 1 is 1.19 bits per heavy atom. The van der Waals surface area contributed by atoms with E-state index in [1.165, 1.54) is 6.07 Å². The molecule has 0 saturated heterocycles. The van der Waals surface area contributed by atoms with E-state index in [-0.39, 0.29) is 11.5 Å². The monoisotopic (exact) mass is 284 g/mol. The summed E-state index contributed by atoms with van der Waals surface area (Å²) in [6, 6.07) is 10.5. The van der Waals surface area contributed by atoms with Gasteiger partial charge in [-0.1, -0.05) is 6.07 Å². The Morgan fingerprint density at radius 2 is 2.00 bits per heavy atom. The number of rotatable bonds is 3. The van der Waals surface area contributed by atoms with Crippen LogP contribution in [0.25, 0.3) is 22.4 Å². The number of phenols is 2. The third-order valence-corrected chi connectivity index (χ3v) is 3.53. The molecule has 0 fully saturated rings. The Balaban J connectivity index is 2.29. The van der Waals surface area contributed by atoms with Gasteiger partial charge >= 0.3 is 0 Å². The summed E-state index contributed by atoms with van der Waals surface area (Å²) >= 11 is 0. The van der Waals surface area contributed by atoms with Crippen LogP contribution >= 0.6 is 0 Å². The predicted octanol–water partition coefficient (Wildman–Crippen LogP) is 3.14. The van der Waals surface area contributed by atoms with Gasteiger partial charge in [0, 0.05) is 12.6 Å². The molecule has 0 aliphatic rings. The van der Waals surface area contributed by atoms with E-state index in [2.05, 4.69) is 4.98 Å². The van der Waals surface area contributed by atoms with Gasteiger partial charge in [0.2, 0.25) is 0 Å². The molecule has 0 atom stereocenters. The van der Waals surface area contributed by atoms with E-state index in [0.29, 0.717) is 17.9 Å². The van der Waals surface area contributed by atoms with Gasteiger partial charge in [0.05, 0.1) is 23.7 Å². The third-order valence-electron chi connectivity index (χ3n) is 3.53. The van der Waals surface area contributed by atoms with Crippen molar-refractivity contribution in [1.82, 2.24) is 9.55 Å². The smallest absolute Gasteiger partial charge is 0.168 e. The minimum absolute atomic E-state index is 0.153. The normalized spacial score (nSPS) is 11.0. The topological polar surface area (TPSA) is 67.5 Å². The van der Waals surface area contributed by atoms with Crippen molar-refractivity contribution >= 4 is 11.0 Å². The molecular weight excluding hydrogens is 268 g/mol. The third kappa shape index (κ3) is 2.07. The lowest BCUT2D eigenvalue weighted by Crippen LogP contribution is -1.97. The maximum atomic E-state index is 10.1. The number of hydrogen-bond acceptors (Lipinski definition) is 4. The van der Waals surface area contributed by atoms with E-state index in [4.69, 9.17) is 4.74 Å². The molecule has 0 spiro atoms. The molecular formula is C16H16N2O3. The molecule has 1 aromatic heterocycles. The second kappa shape index (κ2) is 5.01. The largest absolute Gasteiger partial charge is 0.504 e. The first-order valence-electron chi connectivity index (χ1n) is 6.71. The second-order valence-electron chi connectivity index (χ2n) is 4.71. The summed E-state index contributed by atoms with van der Waals surface area (Å²) in [6.45, 7) is 2.71. The average molecular weight is 284 g/mol. The number of hydrogen-bond donors (Lipinski definition) is 2. The van der Waals surface area contributed by atoms with Crippen LogP contribution in [0.3, 0.4) is 0 Å². The highest BCUT2D eigenvalue weighted by Crippen LogP contribution is 2.37. The molecule has 5 heteroatoms. The fourth-order valence-electron chi connectivity index (χ4n) is 2.47. The number of methoxy groups -OCH3 is 1. The van der Waals surface area contributed by atoms with Gasteiger partial charge in [0.25, 0.3) is 0 Å². The molecule has 21 heavy (non-hydrogen) atoms. The number of ether oxygens (including phenoxy) is 1. The van der Waals surface area contributed by atoms with Crippen molar-refractivity contribution in [2.24, 2.45) is 0 Å². The zero-order valence-corrected chi connectivity index (χ0v) is 11.9. The van der Waals surface area contributed by atoms with Gasteiger partial charge in [0.15, 0.2) is 11.5 Å². The van der Waals surface area contributed by atoms with Gasteiger partial charge < -0.3 is 19.5 Å². The number of aromatic nitrogens is 2. The van der Waals surface area contributed by atoms with Crippen LogP contribution in [0, 0.1) is 0 Å². The number of phenolic OH excluding ortho intramolecular Hbond substituents is 2. The van der Waals surface area contributed by atoms with Crippen molar-refractivity contribution in [1.29, 1.82) is 0 Å². The van der Waals surface area contributed by atoms with E-state index in [9.17, 15) is 10.2 Å². The van der Waals surface area contributed by atoms with Crippen LogP contribution in [0.2, 0.25) is 0 Å². The van der Waals surface area contributed by atoms with Crippen molar-refractivity contribution in [2.75, 3.05) is 7.11 Å². The number of fused-ring (bicyclic) bond motifs is 1. The standard InChI is InChI=1S/C16H16N2O3/c1-3-18-13-8-7-10(21-2)9-12(13)17-16(18)11-5-4-6-14(19)15(11)20/h4-9,19-20H,3H2,1-2H3. The molecule has 0 radical (unpaired) electrons. The maximum Gasteiger partial charge on any atom is 0.168 e. The van der Waals surface area contributed by atoms with Crippen molar-refractivity contribution in [3.8, 4) is 28.6 Å². The molecule has 0 aliphatic carbocycles. The first-order valence-corrected chi connectivity index (χ1v) is 6.71. The number of aryl methyl sites for hydroxylation is 1. The van der Waals surface area contributed by atoms with Gasteiger partial charge in [0.1, 0.15) is 11.6 Å². The van der Waals surface area contributed by atoms with Crippen molar-refractivity contribution in [3.63, 3.8) is 0 Å². The quantitative estimate of drug-likeness (QED) is 0.725. The first-order chi connectivity index (χ1) is 10.2. The Kier molecular flexibility index (Phi) is 3.17. The number of benzene rings is 2. The molecule has 5 nitrogen and oxygen atoms in total. The van der Waals surface area contributed by atoms with E-state index < -0.39 is 0 Å². The number of aromatic hydroxyl groups is 2. The molecule has 108 valence electrons. The number of para-hydroxylation sites is 1. The van der Waals surface area contributed by atoms with Crippen molar-refractivity contribution < 1.29 is 14.9 Å². The van der Waals surface area contributed by atoms with Crippen molar-refractivity contribution in [2.45, 2.75) is 13.5 Å². The average Bonchev–Trinajstić information content (AvgIpc) is 2.87. The minimum Gasteiger partial charge on any atom is -0.504 e. The van der Waals surface area contributed by atoms with E-state index in [1.54, 1.807) is 19.2 Å². The molecule has 2 aromatic carbocycles. The van der Waals surface area contributed by atoms with Crippen LogP contribution in [0.15, 0.2) is 36.4 Å². The lowest BCUT2D eigenvalue weighted by atomic mass is 10.1. The second-order valence-corrected chi connectivity index (χ2v) is 4.71. The molecule has 0 aliphatic heterocycles.